The van der Waals surface area contributed by atoms with E-state index >= 15 is 0 Å². The average molecular weight is 234 g/mol. The molecule has 5 heteroatoms. The fourth-order valence-electron chi connectivity index (χ4n) is 1.72. The Hall–Kier alpha value is -2.17. The number of hydrogen-bond acceptors (Lipinski definition) is 2. The van der Waals surface area contributed by atoms with E-state index in [4.69, 9.17) is 5.11 Å². The number of nitrogens with zero attached hydrogens (tertiary/aromatic N) is 2. The van der Waals surface area contributed by atoms with Crippen molar-refractivity contribution < 1.29 is 14.3 Å². The third kappa shape index (κ3) is 2.18. The first-order chi connectivity index (χ1) is 8.09. The second kappa shape index (κ2) is 4.37. The van der Waals surface area contributed by atoms with Gasteiger partial charge in [0.1, 0.15) is 5.82 Å². The monoisotopic (exact) mass is 234 g/mol. The van der Waals surface area contributed by atoms with Crippen LogP contribution in [-0.2, 0) is 18.3 Å². The average Bonchev–Trinajstić information content (AvgIpc) is 2.61. The van der Waals surface area contributed by atoms with Crippen molar-refractivity contribution in [3.63, 3.8) is 0 Å². The molecule has 4 nitrogen and oxygen atoms in total. The molecule has 0 spiro atoms. The molecular formula is C12H11FN2O2. The van der Waals surface area contributed by atoms with Crippen LogP contribution in [0.2, 0.25) is 0 Å². The Kier molecular flexibility index (Phi) is 2.91. The third-order valence-corrected chi connectivity index (χ3v) is 2.54. The molecule has 1 heterocycles. The van der Waals surface area contributed by atoms with E-state index in [9.17, 15) is 9.18 Å². The number of carbonyl (C=O) groups is 1. The largest absolute Gasteiger partial charge is 0.481 e. The van der Waals surface area contributed by atoms with Crippen LogP contribution in [0.15, 0.2) is 30.5 Å². The van der Waals surface area contributed by atoms with Gasteiger partial charge in [-0.3, -0.25) is 9.48 Å². The minimum Gasteiger partial charge on any atom is -0.481 e. The van der Waals surface area contributed by atoms with Crippen molar-refractivity contribution in [2.75, 3.05) is 0 Å². The summed E-state index contributed by atoms with van der Waals surface area (Å²) in [6.07, 6.45) is 1.30. The summed E-state index contributed by atoms with van der Waals surface area (Å²) in [5, 5.41) is 12.8. The summed E-state index contributed by atoms with van der Waals surface area (Å²) < 4.78 is 15.1. The second-order valence-electron chi connectivity index (χ2n) is 3.68. The molecule has 17 heavy (non-hydrogen) atoms. The van der Waals surface area contributed by atoms with E-state index in [2.05, 4.69) is 5.10 Å². The van der Waals surface area contributed by atoms with Crippen LogP contribution in [0.4, 0.5) is 4.39 Å². The minimum atomic E-state index is -0.966. The lowest BCUT2D eigenvalue weighted by Gasteiger charge is -2.04. The van der Waals surface area contributed by atoms with E-state index in [1.165, 1.54) is 16.9 Å². The highest BCUT2D eigenvalue weighted by atomic mass is 19.1. The summed E-state index contributed by atoms with van der Waals surface area (Å²) in [5.41, 5.74) is 1.38. The Balaban J connectivity index is 2.53. The highest BCUT2D eigenvalue weighted by molar-refractivity contribution is 5.75. The first kappa shape index (κ1) is 11.3. The molecule has 0 saturated heterocycles. The smallest absolute Gasteiger partial charge is 0.309 e. The fourth-order valence-corrected chi connectivity index (χ4v) is 1.72. The molecule has 1 aromatic carbocycles. The van der Waals surface area contributed by atoms with Crippen LogP contribution in [-0.4, -0.2) is 20.9 Å². The molecule has 0 unspecified atom stereocenters. The summed E-state index contributed by atoms with van der Waals surface area (Å²) in [6, 6.07) is 6.24. The highest BCUT2D eigenvalue weighted by Gasteiger charge is 2.15. The van der Waals surface area contributed by atoms with E-state index in [1.807, 2.05) is 0 Å². The van der Waals surface area contributed by atoms with Gasteiger partial charge in [-0.1, -0.05) is 18.2 Å². The van der Waals surface area contributed by atoms with Gasteiger partial charge in [-0.15, -0.1) is 0 Å². The third-order valence-electron chi connectivity index (χ3n) is 2.54. The molecule has 88 valence electrons. The zero-order valence-electron chi connectivity index (χ0n) is 9.22. The predicted molar refractivity (Wildman–Crippen MR) is 59.9 cm³/mol. The highest BCUT2D eigenvalue weighted by Crippen LogP contribution is 2.26. The Bertz CT molecular complexity index is 563. The quantitative estimate of drug-likeness (QED) is 0.881. The number of hydrogen-bond donors (Lipinski definition) is 1. The number of aliphatic carboxylic acids is 1. The van der Waals surface area contributed by atoms with Crippen molar-refractivity contribution in [2.45, 2.75) is 6.42 Å². The lowest BCUT2D eigenvalue weighted by molar-refractivity contribution is -0.136. The van der Waals surface area contributed by atoms with Gasteiger partial charge >= 0.3 is 5.97 Å². The SMILES string of the molecule is Cn1ncc(-c2ccccc2F)c1CC(=O)O. The van der Waals surface area contributed by atoms with Crippen molar-refractivity contribution in [3.05, 3.63) is 42.0 Å². The molecule has 0 bridgehead atoms. The number of carboxylic acid groups (broad SMARTS) is 1. The molecule has 0 amide bonds. The maximum absolute atomic E-state index is 13.6. The Morgan fingerprint density at radius 2 is 2.12 bits per heavy atom. The van der Waals surface area contributed by atoms with Crippen LogP contribution in [0, 0.1) is 5.82 Å². The van der Waals surface area contributed by atoms with Crippen LogP contribution in [0.25, 0.3) is 11.1 Å². The van der Waals surface area contributed by atoms with Gasteiger partial charge in [0.15, 0.2) is 0 Å². The minimum absolute atomic E-state index is 0.180. The van der Waals surface area contributed by atoms with Gasteiger partial charge in [-0.2, -0.15) is 5.10 Å². The molecule has 1 aromatic heterocycles. The van der Waals surface area contributed by atoms with Crippen molar-refractivity contribution in [1.82, 2.24) is 9.78 Å². The summed E-state index contributed by atoms with van der Waals surface area (Å²) in [4.78, 5) is 10.8. The molecule has 0 aliphatic rings. The van der Waals surface area contributed by atoms with Crippen molar-refractivity contribution in [3.8, 4) is 11.1 Å². The summed E-state index contributed by atoms with van der Waals surface area (Å²) in [7, 11) is 1.64. The topological polar surface area (TPSA) is 55.1 Å². The zero-order valence-corrected chi connectivity index (χ0v) is 9.22. The number of carboxylic acids is 1. The van der Waals surface area contributed by atoms with Crippen LogP contribution in [0.3, 0.4) is 0 Å². The predicted octanol–water partition coefficient (Wildman–Crippen LogP) is 1.85. The number of rotatable bonds is 3. The standard InChI is InChI=1S/C12H11FN2O2/c1-15-11(6-12(16)17)9(7-14-15)8-4-2-3-5-10(8)13/h2-5,7H,6H2,1H3,(H,16,17). The Morgan fingerprint density at radius 1 is 1.41 bits per heavy atom. The molecule has 0 radical (unpaired) electrons. The molecule has 1 N–H and O–H groups in total. The lowest BCUT2D eigenvalue weighted by Crippen LogP contribution is -2.07. The summed E-state index contributed by atoms with van der Waals surface area (Å²) in [6.45, 7) is 0. The van der Waals surface area contributed by atoms with E-state index in [1.54, 1.807) is 25.2 Å². The van der Waals surface area contributed by atoms with Crippen molar-refractivity contribution in [1.29, 1.82) is 0 Å². The van der Waals surface area contributed by atoms with Gasteiger partial charge in [0.25, 0.3) is 0 Å². The van der Waals surface area contributed by atoms with Gasteiger partial charge in [-0.25, -0.2) is 4.39 Å². The number of aryl methyl sites for hydroxylation is 1. The van der Waals surface area contributed by atoms with Crippen molar-refractivity contribution in [2.24, 2.45) is 7.05 Å². The van der Waals surface area contributed by atoms with Gasteiger partial charge in [0, 0.05) is 18.2 Å². The maximum Gasteiger partial charge on any atom is 0.309 e. The summed E-state index contributed by atoms with van der Waals surface area (Å²) in [5.74, 6) is -1.35. The van der Waals surface area contributed by atoms with E-state index in [0.717, 1.165) is 0 Å². The van der Waals surface area contributed by atoms with Crippen LogP contribution < -0.4 is 0 Å². The van der Waals surface area contributed by atoms with E-state index in [-0.39, 0.29) is 12.2 Å². The molecule has 2 aromatic rings. The van der Waals surface area contributed by atoms with Gasteiger partial charge < -0.3 is 5.11 Å². The first-order valence-corrected chi connectivity index (χ1v) is 5.07. The zero-order chi connectivity index (χ0) is 12.4. The van der Waals surface area contributed by atoms with Crippen LogP contribution in [0.5, 0.6) is 0 Å². The lowest BCUT2D eigenvalue weighted by atomic mass is 10.0. The fraction of sp³-hybridized carbons (Fsp3) is 0.167. The molecule has 2 rings (SSSR count). The normalized spacial score (nSPS) is 10.5. The van der Waals surface area contributed by atoms with E-state index < -0.39 is 5.97 Å². The van der Waals surface area contributed by atoms with E-state index in [0.29, 0.717) is 16.8 Å². The number of halogens is 1. The van der Waals surface area contributed by atoms with Gasteiger partial charge in [0.2, 0.25) is 0 Å². The van der Waals surface area contributed by atoms with Crippen LogP contribution >= 0.6 is 0 Å². The second-order valence-corrected chi connectivity index (χ2v) is 3.68. The summed E-state index contributed by atoms with van der Waals surface area (Å²) >= 11 is 0. The van der Waals surface area contributed by atoms with Gasteiger partial charge in [0.05, 0.1) is 18.3 Å². The van der Waals surface area contributed by atoms with Gasteiger partial charge in [-0.05, 0) is 6.07 Å². The Morgan fingerprint density at radius 3 is 2.76 bits per heavy atom. The molecular weight excluding hydrogens is 223 g/mol. The molecule has 0 saturated carbocycles. The van der Waals surface area contributed by atoms with Crippen molar-refractivity contribution >= 4 is 5.97 Å². The number of benzene rings is 1. The molecule has 0 aliphatic carbocycles. The molecule has 0 aliphatic heterocycles. The number of aromatic nitrogens is 2. The Labute approximate surface area is 97.3 Å². The first-order valence-electron chi connectivity index (χ1n) is 5.07. The maximum atomic E-state index is 13.6. The van der Waals surface area contributed by atoms with Crippen LogP contribution in [0.1, 0.15) is 5.69 Å². The molecule has 0 fully saturated rings. The molecule has 0 atom stereocenters.